The van der Waals surface area contributed by atoms with Crippen molar-refractivity contribution in [2.75, 3.05) is 14.1 Å². The van der Waals surface area contributed by atoms with Crippen LogP contribution in [0.4, 0.5) is 0 Å². The van der Waals surface area contributed by atoms with E-state index in [9.17, 15) is 15.3 Å². The molecule has 6 nitrogen and oxygen atoms in total. The highest BCUT2D eigenvalue weighted by Gasteiger charge is 2.50. The summed E-state index contributed by atoms with van der Waals surface area (Å²) in [6.07, 6.45) is -2.28. The number of hydrogen-bond donors (Lipinski definition) is 3. The van der Waals surface area contributed by atoms with Gasteiger partial charge < -0.3 is 25.0 Å². The van der Waals surface area contributed by atoms with Crippen LogP contribution in [0.15, 0.2) is 4.99 Å². The first-order chi connectivity index (χ1) is 8.95. The van der Waals surface area contributed by atoms with Gasteiger partial charge in [-0.05, 0) is 6.42 Å². The molecule has 0 spiro atoms. The highest BCUT2D eigenvalue weighted by atomic mass is 32.2. The number of ether oxygens (including phenoxy) is 1. The van der Waals surface area contributed by atoms with Crippen molar-refractivity contribution >= 4 is 16.9 Å². The third-order valence-corrected chi connectivity index (χ3v) is 4.74. The number of aliphatic imine (C=N–C) groups is 1. The van der Waals surface area contributed by atoms with Crippen LogP contribution in [0.3, 0.4) is 0 Å². The molecule has 2 heterocycles. The second-order valence-corrected chi connectivity index (χ2v) is 6.29. The second kappa shape index (κ2) is 5.97. The molecular formula is C12H22N2O4S. The van der Waals surface area contributed by atoms with Gasteiger partial charge in [-0.3, -0.25) is 4.99 Å². The lowest BCUT2D eigenvalue weighted by Crippen LogP contribution is -2.58. The number of nitrogens with zero attached hydrogens (tertiary/aromatic N) is 2. The summed E-state index contributed by atoms with van der Waals surface area (Å²) < 4.78 is 5.75. The van der Waals surface area contributed by atoms with E-state index in [4.69, 9.17) is 4.74 Å². The Labute approximate surface area is 117 Å². The van der Waals surface area contributed by atoms with Gasteiger partial charge in [0.05, 0.1) is 6.10 Å². The Bertz CT molecular complexity index is 353. The fraction of sp³-hybridized carbons (Fsp3) is 0.917. The van der Waals surface area contributed by atoms with Gasteiger partial charge in [0.1, 0.15) is 29.8 Å². The number of aliphatic hydroxyl groups is 3. The van der Waals surface area contributed by atoms with Gasteiger partial charge in [-0.1, -0.05) is 25.1 Å². The molecule has 2 aliphatic heterocycles. The lowest BCUT2D eigenvalue weighted by Gasteiger charge is -2.40. The van der Waals surface area contributed by atoms with E-state index in [0.717, 1.165) is 11.6 Å². The summed E-state index contributed by atoms with van der Waals surface area (Å²) in [6, 6.07) is -0.470. The number of hydrogen-bond acceptors (Lipinski definition) is 7. The molecular weight excluding hydrogens is 268 g/mol. The molecule has 0 aliphatic carbocycles. The van der Waals surface area contributed by atoms with Crippen LogP contribution < -0.4 is 0 Å². The van der Waals surface area contributed by atoms with Gasteiger partial charge in [-0.25, -0.2) is 0 Å². The minimum Gasteiger partial charge on any atom is -0.390 e. The first-order valence-electron chi connectivity index (χ1n) is 6.57. The number of aliphatic hydroxyl groups excluding tert-OH is 3. The van der Waals surface area contributed by atoms with Crippen LogP contribution in [-0.2, 0) is 4.74 Å². The Morgan fingerprint density at radius 1 is 1.37 bits per heavy atom. The quantitative estimate of drug-likeness (QED) is 0.657. The molecule has 3 N–H and O–H groups in total. The van der Waals surface area contributed by atoms with Crippen LogP contribution in [0, 0.1) is 0 Å². The molecule has 0 aromatic heterocycles. The SMILES string of the molecule is CCC[C@H](O)[C@H]1O[C@@H]2SC(N(C)C)=N[C@@H]2[C@@H](O)[C@@H]1O. The molecule has 0 bridgehead atoms. The van der Waals surface area contributed by atoms with E-state index in [1.165, 1.54) is 11.8 Å². The average molecular weight is 290 g/mol. The van der Waals surface area contributed by atoms with E-state index < -0.39 is 30.5 Å². The van der Waals surface area contributed by atoms with Crippen LogP contribution >= 0.6 is 11.8 Å². The number of rotatable bonds is 3. The molecule has 0 amide bonds. The van der Waals surface area contributed by atoms with Crippen molar-refractivity contribution in [2.45, 2.75) is 55.7 Å². The lowest BCUT2D eigenvalue weighted by atomic mass is 9.93. The van der Waals surface area contributed by atoms with Crippen LogP contribution in [-0.4, -0.2) is 75.4 Å². The van der Waals surface area contributed by atoms with Gasteiger partial charge in [0, 0.05) is 14.1 Å². The normalized spacial score (nSPS) is 39.7. The molecule has 110 valence electrons. The molecule has 19 heavy (non-hydrogen) atoms. The molecule has 0 unspecified atom stereocenters. The van der Waals surface area contributed by atoms with Crippen LogP contribution in [0.25, 0.3) is 0 Å². The summed E-state index contributed by atoms with van der Waals surface area (Å²) >= 11 is 1.42. The summed E-state index contributed by atoms with van der Waals surface area (Å²) in [7, 11) is 3.74. The topological polar surface area (TPSA) is 85.5 Å². The van der Waals surface area contributed by atoms with Crippen LogP contribution in [0.5, 0.6) is 0 Å². The second-order valence-electron chi connectivity index (χ2n) is 5.22. The van der Waals surface area contributed by atoms with Gasteiger partial charge in [0.25, 0.3) is 0 Å². The molecule has 1 saturated heterocycles. The predicted molar refractivity (Wildman–Crippen MR) is 74.1 cm³/mol. The largest absolute Gasteiger partial charge is 0.390 e. The zero-order valence-electron chi connectivity index (χ0n) is 11.4. The first kappa shape index (κ1) is 15.1. The summed E-state index contributed by atoms with van der Waals surface area (Å²) in [5, 5.41) is 31.0. The van der Waals surface area contributed by atoms with Crippen molar-refractivity contribution < 1.29 is 20.1 Å². The van der Waals surface area contributed by atoms with E-state index >= 15 is 0 Å². The molecule has 2 aliphatic rings. The maximum Gasteiger partial charge on any atom is 0.161 e. The van der Waals surface area contributed by atoms with E-state index in [1.54, 1.807) is 0 Å². The molecule has 0 radical (unpaired) electrons. The zero-order chi connectivity index (χ0) is 14.2. The molecule has 1 fully saturated rings. The third-order valence-electron chi connectivity index (χ3n) is 3.43. The third kappa shape index (κ3) is 2.90. The van der Waals surface area contributed by atoms with Gasteiger partial charge in [0.15, 0.2) is 5.17 Å². The fourth-order valence-electron chi connectivity index (χ4n) is 2.37. The van der Waals surface area contributed by atoms with E-state index in [-0.39, 0.29) is 5.44 Å². The van der Waals surface area contributed by atoms with Crippen LogP contribution in [0.1, 0.15) is 19.8 Å². The van der Waals surface area contributed by atoms with Crippen molar-refractivity contribution in [1.29, 1.82) is 0 Å². The highest BCUT2D eigenvalue weighted by molar-refractivity contribution is 8.14. The molecule has 0 aromatic rings. The Hall–Kier alpha value is -0.340. The van der Waals surface area contributed by atoms with Crippen molar-refractivity contribution in [3.8, 4) is 0 Å². The Kier molecular flexibility index (Phi) is 4.73. The van der Waals surface area contributed by atoms with Crippen LogP contribution in [0.2, 0.25) is 0 Å². The number of fused-ring (bicyclic) bond motifs is 1. The maximum absolute atomic E-state index is 10.2. The van der Waals surface area contributed by atoms with Crippen molar-refractivity contribution in [2.24, 2.45) is 4.99 Å². The van der Waals surface area contributed by atoms with Gasteiger partial charge >= 0.3 is 0 Å². The minimum atomic E-state index is -1.10. The standard InChI is InChI=1S/C12H22N2O4S/c1-4-5-6(15)10-9(17)8(16)7-11(18-10)19-12(13-7)14(2)3/h6-11,15-17H,4-5H2,1-3H3/t6-,7+,8+,9-,10+,11+/m0/s1. The highest BCUT2D eigenvalue weighted by Crippen LogP contribution is 2.38. The minimum absolute atomic E-state index is 0.340. The van der Waals surface area contributed by atoms with E-state index in [2.05, 4.69) is 4.99 Å². The molecule has 2 rings (SSSR count). The maximum atomic E-state index is 10.2. The summed E-state index contributed by atoms with van der Waals surface area (Å²) in [5.74, 6) is 0. The smallest absolute Gasteiger partial charge is 0.161 e. The Morgan fingerprint density at radius 2 is 2.05 bits per heavy atom. The van der Waals surface area contributed by atoms with Gasteiger partial charge in [-0.2, -0.15) is 0 Å². The first-order valence-corrected chi connectivity index (χ1v) is 7.45. The van der Waals surface area contributed by atoms with Crippen molar-refractivity contribution in [3.05, 3.63) is 0 Å². The molecule has 0 saturated carbocycles. The van der Waals surface area contributed by atoms with E-state index in [0.29, 0.717) is 6.42 Å². The molecule has 7 heteroatoms. The summed E-state index contributed by atoms with van der Waals surface area (Å²) in [6.45, 7) is 1.95. The Balaban J connectivity index is 2.10. The van der Waals surface area contributed by atoms with Gasteiger partial charge in [-0.15, -0.1) is 0 Å². The lowest BCUT2D eigenvalue weighted by molar-refractivity contribution is -0.185. The van der Waals surface area contributed by atoms with Crippen molar-refractivity contribution in [3.63, 3.8) is 0 Å². The Morgan fingerprint density at radius 3 is 2.63 bits per heavy atom. The number of thioether (sulfide) groups is 1. The fourth-order valence-corrected chi connectivity index (χ4v) is 3.52. The molecule has 0 aromatic carbocycles. The predicted octanol–water partition coefficient (Wildman–Crippen LogP) is -0.373. The number of amidine groups is 1. The monoisotopic (exact) mass is 290 g/mol. The van der Waals surface area contributed by atoms with E-state index in [1.807, 2.05) is 25.9 Å². The summed E-state index contributed by atoms with van der Waals surface area (Å²) in [5.41, 5.74) is -0.340. The summed E-state index contributed by atoms with van der Waals surface area (Å²) in [4.78, 5) is 6.22. The average Bonchev–Trinajstić information content (AvgIpc) is 2.78. The zero-order valence-corrected chi connectivity index (χ0v) is 12.2. The van der Waals surface area contributed by atoms with Crippen molar-refractivity contribution in [1.82, 2.24) is 4.90 Å². The van der Waals surface area contributed by atoms with Gasteiger partial charge in [0.2, 0.25) is 0 Å². The molecule has 6 atom stereocenters.